The van der Waals surface area contributed by atoms with Crippen LogP contribution in [0.2, 0.25) is 0 Å². The summed E-state index contributed by atoms with van der Waals surface area (Å²) in [6.07, 6.45) is -3.28. The highest BCUT2D eigenvalue weighted by molar-refractivity contribution is 4.60. The molecule has 0 aliphatic rings. The number of nitrogens with zero attached hydrogens (tertiary/aromatic N) is 1. The van der Waals surface area contributed by atoms with Crippen LogP contribution >= 0.6 is 0 Å². The van der Waals surface area contributed by atoms with E-state index >= 15 is 0 Å². The molecule has 0 rings (SSSR count). The van der Waals surface area contributed by atoms with Crippen molar-refractivity contribution in [3.05, 3.63) is 0 Å². The Bertz CT molecular complexity index is 100. The van der Waals surface area contributed by atoms with Gasteiger partial charge in [0.05, 0.1) is 6.54 Å². The summed E-state index contributed by atoms with van der Waals surface area (Å²) in [7, 11) is 0. The summed E-state index contributed by atoms with van der Waals surface area (Å²) in [6, 6.07) is 0. The molecule has 0 aliphatic heterocycles. The van der Waals surface area contributed by atoms with Crippen molar-refractivity contribution in [2.24, 2.45) is 0 Å². The minimum Gasteiger partial charge on any atom is -0.295 e. The zero-order valence-corrected chi connectivity index (χ0v) is 6.91. The van der Waals surface area contributed by atoms with Gasteiger partial charge in [0.25, 0.3) is 0 Å². The van der Waals surface area contributed by atoms with E-state index in [-0.39, 0.29) is 0 Å². The van der Waals surface area contributed by atoms with Gasteiger partial charge in [-0.25, -0.2) is 0 Å². The Labute approximate surface area is 65.2 Å². The molecule has 4 heteroatoms. The monoisotopic (exact) mass is 169 g/mol. The van der Waals surface area contributed by atoms with Crippen LogP contribution in [0.15, 0.2) is 0 Å². The van der Waals surface area contributed by atoms with Crippen LogP contribution in [0.25, 0.3) is 0 Å². The van der Waals surface area contributed by atoms with Crippen LogP contribution in [0.4, 0.5) is 13.2 Å². The molecule has 0 atom stereocenters. The van der Waals surface area contributed by atoms with Gasteiger partial charge in [0.15, 0.2) is 0 Å². The third-order valence-corrected chi connectivity index (χ3v) is 1.39. The van der Waals surface area contributed by atoms with Gasteiger partial charge >= 0.3 is 6.18 Å². The van der Waals surface area contributed by atoms with Gasteiger partial charge in [-0.05, 0) is 19.5 Å². The second-order valence-corrected chi connectivity index (χ2v) is 2.48. The molecule has 0 aromatic heterocycles. The molecule has 68 valence electrons. The molecule has 0 fully saturated rings. The Morgan fingerprint density at radius 2 is 1.73 bits per heavy atom. The third kappa shape index (κ3) is 6.16. The van der Waals surface area contributed by atoms with Gasteiger partial charge in [0.1, 0.15) is 0 Å². The van der Waals surface area contributed by atoms with E-state index < -0.39 is 12.7 Å². The van der Waals surface area contributed by atoms with E-state index in [1.165, 1.54) is 4.90 Å². The lowest BCUT2D eigenvalue weighted by molar-refractivity contribution is -0.145. The lowest BCUT2D eigenvalue weighted by Gasteiger charge is -2.20. The second-order valence-electron chi connectivity index (χ2n) is 2.48. The Morgan fingerprint density at radius 1 is 1.18 bits per heavy atom. The van der Waals surface area contributed by atoms with E-state index in [9.17, 15) is 13.2 Å². The molecule has 0 aromatic carbocycles. The molecule has 0 unspecified atom stereocenters. The summed E-state index contributed by atoms with van der Waals surface area (Å²) in [5, 5.41) is 0. The molecule has 0 amide bonds. The molecular weight excluding hydrogens is 155 g/mol. The van der Waals surface area contributed by atoms with E-state index in [1.807, 2.05) is 6.92 Å². The predicted molar refractivity (Wildman–Crippen MR) is 38.5 cm³/mol. The third-order valence-electron chi connectivity index (χ3n) is 1.39. The molecule has 0 heterocycles. The SMILES string of the molecule is CCCN(CC)CC(F)(F)F. The first kappa shape index (κ1) is 10.8. The first-order chi connectivity index (χ1) is 4.99. The topological polar surface area (TPSA) is 3.24 Å². The maximum Gasteiger partial charge on any atom is 0.401 e. The number of rotatable bonds is 4. The molecule has 0 saturated carbocycles. The minimum atomic E-state index is -4.05. The first-order valence-corrected chi connectivity index (χ1v) is 3.78. The molecule has 0 N–H and O–H groups in total. The Morgan fingerprint density at radius 3 is 2.00 bits per heavy atom. The van der Waals surface area contributed by atoms with Crippen molar-refractivity contribution in [3.63, 3.8) is 0 Å². The van der Waals surface area contributed by atoms with E-state index in [1.54, 1.807) is 6.92 Å². The Balaban J connectivity index is 3.68. The maximum atomic E-state index is 11.8. The average molecular weight is 169 g/mol. The lowest BCUT2D eigenvalue weighted by atomic mass is 10.4. The number of hydrogen-bond acceptors (Lipinski definition) is 1. The molecule has 0 bridgehead atoms. The maximum absolute atomic E-state index is 11.8. The van der Waals surface area contributed by atoms with Crippen molar-refractivity contribution in [1.82, 2.24) is 4.90 Å². The van der Waals surface area contributed by atoms with Crippen LogP contribution in [-0.2, 0) is 0 Å². The van der Waals surface area contributed by atoms with Crippen molar-refractivity contribution in [3.8, 4) is 0 Å². The fourth-order valence-corrected chi connectivity index (χ4v) is 0.919. The summed E-state index contributed by atoms with van der Waals surface area (Å²) < 4.78 is 35.3. The van der Waals surface area contributed by atoms with E-state index in [0.29, 0.717) is 13.1 Å². The largest absolute Gasteiger partial charge is 0.401 e. The fraction of sp³-hybridized carbons (Fsp3) is 1.00. The number of alkyl halides is 3. The molecule has 0 saturated heterocycles. The van der Waals surface area contributed by atoms with Crippen LogP contribution in [0.5, 0.6) is 0 Å². The van der Waals surface area contributed by atoms with Gasteiger partial charge in [-0.3, -0.25) is 4.90 Å². The summed E-state index contributed by atoms with van der Waals surface area (Å²) in [4.78, 5) is 1.39. The van der Waals surface area contributed by atoms with Crippen LogP contribution < -0.4 is 0 Å². The highest BCUT2D eigenvalue weighted by Crippen LogP contribution is 2.16. The lowest BCUT2D eigenvalue weighted by Crippen LogP contribution is -2.34. The summed E-state index contributed by atoms with van der Waals surface area (Å²) in [6.45, 7) is 3.82. The first-order valence-electron chi connectivity index (χ1n) is 3.78. The Hall–Kier alpha value is -0.250. The average Bonchev–Trinajstić information content (AvgIpc) is 1.84. The molecule has 0 aromatic rings. The van der Waals surface area contributed by atoms with Crippen LogP contribution in [0, 0.1) is 0 Å². The predicted octanol–water partition coefficient (Wildman–Crippen LogP) is 2.28. The molecule has 11 heavy (non-hydrogen) atoms. The highest BCUT2D eigenvalue weighted by atomic mass is 19.4. The van der Waals surface area contributed by atoms with Gasteiger partial charge in [-0.15, -0.1) is 0 Å². The van der Waals surface area contributed by atoms with Gasteiger partial charge in [-0.1, -0.05) is 13.8 Å². The smallest absolute Gasteiger partial charge is 0.295 e. The van der Waals surface area contributed by atoms with Gasteiger partial charge in [0.2, 0.25) is 0 Å². The summed E-state index contributed by atoms with van der Waals surface area (Å²) in [5.41, 5.74) is 0. The van der Waals surface area contributed by atoms with Crippen LogP contribution in [0.1, 0.15) is 20.3 Å². The molecule has 1 nitrogen and oxygen atoms in total. The van der Waals surface area contributed by atoms with E-state index in [4.69, 9.17) is 0 Å². The van der Waals surface area contributed by atoms with Crippen molar-refractivity contribution in [1.29, 1.82) is 0 Å². The van der Waals surface area contributed by atoms with Crippen molar-refractivity contribution in [2.75, 3.05) is 19.6 Å². The standard InChI is InChI=1S/C7H14F3N/c1-3-5-11(4-2)6-7(8,9)10/h3-6H2,1-2H3. The second kappa shape index (κ2) is 4.59. The van der Waals surface area contributed by atoms with Gasteiger partial charge in [0, 0.05) is 0 Å². The summed E-state index contributed by atoms with van der Waals surface area (Å²) in [5.74, 6) is 0. The highest BCUT2D eigenvalue weighted by Gasteiger charge is 2.29. The zero-order valence-electron chi connectivity index (χ0n) is 6.91. The molecule has 0 spiro atoms. The van der Waals surface area contributed by atoms with E-state index in [0.717, 1.165) is 6.42 Å². The van der Waals surface area contributed by atoms with Crippen LogP contribution in [0.3, 0.4) is 0 Å². The number of halogens is 3. The molecule has 0 radical (unpaired) electrons. The van der Waals surface area contributed by atoms with Crippen molar-refractivity contribution < 1.29 is 13.2 Å². The van der Waals surface area contributed by atoms with Gasteiger partial charge < -0.3 is 0 Å². The fourth-order valence-electron chi connectivity index (χ4n) is 0.919. The minimum absolute atomic E-state index is 0.466. The van der Waals surface area contributed by atoms with Crippen LogP contribution in [-0.4, -0.2) is 30.7 Å². The van der Waals surface area contributed by atoms with Gasteiger partial charge in [-0.2, -0.15) is 13.2 Å². The quantitative estimate of drug-likeness (QED) is 0.624. The zero-order chi connectivity index (χ0) is 8.91. The molecular formula is C7H14F3N. The van der Waals surface area contributed by atoms with Crippen molar-refractivity contribution >= 4 is 0 Å². The normalized spacial score (nSPS) is 12.5. The molecule has 0 aliphatic carbocycles. The number of hydrogen-bond donors (Lipinski definition) is 0. The summed E-state index contributed by atoms with van der Waals surface area (Å²) >= 11 is 0. The Kier molecular flexibility index (Phi) is 4.49. The van der Waals surface area contributed by atoms with E-state index in [2.05, 4.69) is 0 Å². The van der Waals surface area contributed by atoms with Crippen molar-refractivity contribution in [2.45, 2.75) is 26.4 Å².